The highest BCUT2D eigenvalue weighted by atomic mass is 35.5. The molecule has 1 aromatic carbocycles. The normalized spacial score (nSPS) is 14.8. The van der Waals surface area contributed by atoms with E-state index in [0.29, 0.717) is 16.8 Å². The molecule has 0 saturated heterocycles. The summed E-state index contributed by atoms with van der Waals surface area (Å²) in [6, 6.07) is 8.23. The molecule has 1 aliphatic carbocycles. The number of pyridine rings is 1. The first-order valence-corrected chi connectivity index (χ1v) is 6.99. The van der Waals surface area contributed by atoms with Crippen molar-refractivity contribution >= 4 is 28.3 Å². The van der Waals surface area contributed by atoms with E-state index < -0.39 is 0 Å². The maximum Gasteiger partial charge on any atom is 0.141 e. The number of hydrogen-bond donors (Lipinski definition) is 1. The topological polar surface area (TPSA) is 56.7 Å². The third kappa shape index (κ3) is 1.76. The highest BCUT2D eigenvalue weighted by molar-refractivity contribution is 6.33. The third-order valence-corrected chi connectivity index (χ3v) is 3.99. The highest BCUT2D eigenvalue weighted by Gasteiger charge is 2.28. The Morgan fingerprint density at radius 3 is 2.85 bits per heavy atom. The number of rotatable bonds is 2. The Morgan fingerprint density at radius 1 is 1.25 bits per heavy atom. The van der Waals surface area contributed by atoms with Gasteiger partial charge in [-0.25, -0.2) is 4.98 Å². The summed E-state index contributed by atoms with van der Waals surface area (Å²) in [6.07, 6.45) is 6.01. The summed E-state index contributed by atoms with van der Waals surface area (Å²) in [5.41, 5.74) is 9.41. The third-order valence-electron chi connectivity index (χ3n) is 3.66. The number of halogens is 1. The second-order valence-electron chi connectivity index (χ2n) is 5.14. The minimum Gasteiger partial charge on any atom is -0.398 e. The maximum absolute atomic E-state index is 6.14. The van der Waals surface area contributed by atoms with Crippen molar-refractivity contribution in [1.29, 1.82) is 0 Å². The average molecular weight is 285 g/mol. The van der Waals surface area contributed by atoms with Crippen LogP contribution in [-0.2, 0) is 0 Å². The fraction of sp³-hybridized carbons (Fsp3) is 0.200. The first-order valence-electron chi connectivity index (χ1n) is 6.61. The minimum atomic E-state index is 0.536. The van der Waals surface area contributed by atoms with E-state index in [1.165, 1.54) is 12.8 Å². The lowest BCUT2D eigenvalue weighted by Gasteiger charge is -2.08. The lowest BCUT2D eigenvalue weighted by molar-refractivity contribution is 0.775. The van der Waals surface area contributed by atoms with Crippen LogP contribution in [0.4, 0.5) is 5.69 Å². The number of fused-ring (bicyclic) bond motifs is 1. The number of hydrogen-bond acceptors (Lipinski definition) is 3. The van der Waals surface area contributed by atoms with Crippen LogP contribution in [0.25, 0.3) is 22.4 Å². The predicted molar refractivity (Wildman–Crippen MR) is 80.7 cm³/mol. The van der Waals surface area contributed by atoms with Gasteiger partial charge in [-0.1, -0.05) is 11.6 Å². The molecule has 4 rings (SSSR count). The molecule has 0 atom stereocenters. The monoisotopic (exact) mass is 284 g/mol. The second kappa shape index (κ2) is 4.21. The van der Waals surface area contributed by atoms with Gasteiger partial charge >= 0.3 is 0 Å². The van der Waals surface area contributed by atoms with Gasteiger partial charge in [0.2, 0.25) is 0 Å². The Kier molecular flexibility index (Phi) is 2.47. The largest absolute Gasteiger partial charge is 0.398 e. The molecule has 1 saturated carbocycles. The van der Waals surface area contributed by atoms with Gasteiger partial charge in [0.25, 0.3) is 0 Å². The molecule has 0 aliphatic heterocycles. The first-order chi connectivity index (χ1) is 9.74. The molecule has 0 unspecified atom stereocenters. The zero-order valence-electron chi connectivity index (χ0n) is 10.8. The number of nitrogens with two attached hydrogens (primary N) is 1. The summed E-state index contributed by atoms with van der Waals surface area (Å²) < 4.78 is 2.29. The van der Waals surface area contributed by atoms with E-state index in [2.05, 4.69) is 9.55 Å². The molecule has 3 aromatic rings. The van der Waals surface area contributed by atoms with Crippen LogP contribution in [0.15, 0.2) is 36.7 Å². The number of benzene rings is 1. The smallest absolute Gasteiger partial charge is 0.141 e. The molecule has 5 heteroatoms. The molecular formula is C15H13ClN4. The molecule has 0 bridgehead atoms. The van der Waals surface area contributed by atoms with Gasteiger partial charge in [-0.05, 0) is 37.1 Å². The number of imidazole rings is 1. The van der Waals surface area contributed by atoms with Gasteiger partial charge in [0.05, 0.1) is 22.4 Å². The van der Waals surface area contributed by atoms with Crippen molar-refractivity contribution in [1.82, 2.24) is 14.5 Å². The van der Waals surface area contributed by atoms with Gasteiger partial charge in [0.15, 0.2) is 0 Å². The molecule has 0 radical (unpaired) electrons. The van der Waals surface area contributed by atoms with Gasteiger partial charge in [0, 0.05) is 17.8 Å². The number of aromatic nitrogens is 3. The quantitative estimate of drug-likeness (QED) is 0.731. The van der Waals surface area contributed by atoms with Crippen LogP contribution in [-0.4, -0.2) is 14.5 Å². The Balaban J connectivity index is 1.98. The van der Waals surface area contributed by atoms with Gasteiger partial charge in [0.1, 0.15) is 11.3 Å². The Morgan fingerprint density at radius 2 is 2.10 bits per heavy atom. The van der Waals surface area contributed by atoms with Crippen molar-refractivity contribution in [2.75, 3.05) is 5.73 Å². The molecule has 1 aliphatic rings. The van der Waals surface area contributed by atoms with Gasteiger partial charge < -0.3 is 10.3 Å². The molecule has 0 spiro atoms. The molecule has 1 fully saturated rings. The number of nitrogens with zero attached hydrogens (tertiary/aromatic N) is 3. The maximum atomic E-state index is 6.14. The fourth-order valence-corrected chi connectivity index (χ4v) is 2.70. The summed E-state index contributed by atoms with van der Waals surface area (Å²) in [4.78, 5) is 8.87. The Bertz CT molecular complexity index is 805. The van der Waals surface area contributed by atoms with Crippen molar-refractivity contribution < 1.29 is 0 Å². The molecule has 100 valence electrons. The van der Waals surface area contributed by atoms with E-state index in [1.54, 1.807) is 6.20 Å². The molecule has 4 nitrogen and oxygen atoms in total. The molecule has 2 aromatic heterocycles. The van der Waals surface area contributed by atoms with Crippen LogP contribution in [0.5, 0.6) is 0 Å². The highest BCUT2D eigenvalue weighted by Crippen LogP contribution is 2.41. The second-order valence-corrected chi connectivity index (χ2v) is 5.54. The number of anilines is 1. The standard InChI is InChI=1S/C15H13ClN4/c16-11-7-9(1-4-12(11)17)15-19-13-8-18-6-5-14(13)20(15)10-2-3-10/h1,4-8,10H,2-3,17H2. The van der Waals surface area contributed by atoms with E-state index in [-0.39, 0.29) is 0 Å². The van der Waals surface area contributed by atoms with Crippen LogP contribution in [0, 0.1) is 0 Å². The molecule has 0 amide bonds. The Hall–Kier alpha value is -2.07. The predicted octanol–water partition coefficient (Wildman–Crippen LogP) is 3.67. The summed E-state index contributed by atoms with van der Waals surface area (Å²) >= 11 is 6.14. The van der Waals surface area contributed by atoms with Crippen molar-refractivity contribution in [3.05, 3.63) is 41.7 Å². The zero-order chi connectivity index (χ0) is 13.7. The molecule has 2 heterocycles. The summed E-state index contributed by atoms with van der Waals surface area (Å²) in [7, 11) is 0. The van der Waals surface area contributed by atoms with Crippen molar-refractivity contribution in [3.8, 4) is 11.4 Å². The first kappa shape index (κ1) is 11.7. The zero-order valence-corrected chi connectivity index (χ0v) is 11.5. The van der Waals surface area contributed by atoms with Crippen LogP contribution in [0.1, 0.15) is 18.9 Å². The van der Waals surface area contributed by atoms with Crippen LogP contribution in [0.2, 0.25) is 5.02 Å². The van der Waals surface area contributed by atoms with Crippen molar-refractivity contribution in [2.24, 2.45) is 0 Å². The van der Waals surface area contributed by atoms with E-state index in [1.807, 2.05) is 30.5 Å². The molecule has 20 heavy (non-hydrogen) atoms. The molecular weight excluding hydrogens is 272 g/mol. The minimum absolute atomic E-state index is 0.536. The van der Waals surface area contributed by atoms with E-state index in [0.717, 1.165) is 22.4 Å². The fourth-order valence-electron chi connectivity index (χ4n) is 2.52. The summed E-state index contributed by atoms with van der Waals surface area (Å²) in [5.74, 6) is 0.942. The van der Waals surface area contributed by atoms with E-state index in [9.17, 15) is 0 Å². The summed E-state index contributed by atoms with van der Waals surface area (Å²) in [5, 5.41) is 0.565. The average Bonchev–Trinajstić information content (AvgIpc) is 3.22. The van der Waals surface area contributed by atoms with Crippen molar-refractivity contribution in [2.45, 2.75) is 18.9 Å². The summed E-state index contributed by atoms with van der Waals surface area (Å²) in [6.45, 7) is 0. The SMILES string of the molecule is Nc1ccc(-c2nc3cnccc3n2C2CC2)cc1Cl. The lowest BCUT2D eigenvalue weighted by Crippen LogP contribution is -1.98. The number of nitrogen functional groups attached to an aromatic ring is 1. The van der Waals surface area contributed by atoms with E-state index >= 15 is 0 Å². The lowest BCUT2D eigenvalue weighted by atomic mass is 10.2. The van der Waals surface area contributed by atoms with Gasteiger partial charge in [-0.2, -0.15) is 0 Å². The van der Waals surface area contributed by atoms with Crippen LogP contribution < -0.4 is 5.73 Å². The van der Waals surface area contributed by atoms with Gasteiger partial charge in [-0.3, -0.25) is 4.98 Å². The van der Waals surface area contributed by atoms with Crippen LogP contribution in [0.3, 0.4) is 0 Å². The Labute approximate surface area is 121 Å². The van der Waals surface area contributed by atoms with Crippen molar-refractivity contribution in [3.63, 3.8) is 0 Å². The van der Waals surface area contributed by atoms with Gasteiger partial charge in [-0.15, -0.1) is 0 Å². The molecule has 2 N–H and O–H groups in total. The van der Waals surface area contributed by atoms with Crippen LogP contribution >= 0.6 is 11.6 Å². The van der Waals surface area contributed by atoms with E-state index in [4.69, 9.17) is 22.3 Å².